The van der Waals surface area contributed by atoms with Gasteiger partial charge in [0.25, 0.3) is 0 Å². The Labute approximate surface area is 82.1 Å². The van der Waals surface area contributed by atoms with E-state index >= 15 is 0 Å². The van der Waals surface area contributed by atoms with Crippen molar-refractivity contribution in [2.45, 2.75) is 22.0 Å². The number of rotatable bonds is 1. The molecular weight excluding hydrogens is 200 g/mol. The van der Waals surface area contributed by atoms with Crippen LogP contribution in [0.2, 0.25) is 0 Å². The van der Waals surface area contributed by atoms with Crippen molar-refractivity contribution < 1.29 is 0 Å². The van der Waals surface area contributed by atoms with Crippen LogP contribution in [0, 0.1) is 0 Å². The highest BCUT2D eigenvalue weighted by molar-refractivity contribution is 8.18. The predicted molar refractivity (Wildman–Crippen MR) is 59.7 cm³/mol. The van der Waals surface area contributed by atoms with Crippen LogP contribution in [0.15, 0.2) is 0 Å². The number of thiol groups is 2. The lowest BCUT2D eigenvalue weighted by Crippen LogP contribution is -2.26. The first-order valence-electron chi connectivity index (χ1n) is 3.32. The van der Waals surface area contributed by atoms with E-state index in [0.29, 0.717) is 4.58 Å². The summed E-state index contributed by atoms with van der Waals surface area (Å²) in [7, 11) is 0. The van der Waals surface area contributed by atoms with Crippen LogP contribution in [-0.2, 0) is 0 Å². The molecule has 4 heteroatoms. The second kappa shape index (κ2) is 3.87. The molecule has 1 fully saturated rings. The Morgan fingerprint density at radius 1 is 1.70 bits per heavy atom. The highest BCUT2D eigenvalue weighted by atomic mass is 32.2. The molecule has 0 aromatic heterocycles. The molecule has 10 heavy (non-hydrogen) atoms. The second-order valence-corrected chi connectivity index (χ2v) is 7.10. The normalized spacial score (nSPS) is 41.7. The van der Waals surface area contributed by atoms with Crippen LogP contribution in [0.25, 0.3) is 0 Å². The fourth-order valence-corrected chi connectivity index (χ4v) is 4.08. The van der Waals surface area contributed by atoms with Crippen molar-refractivity contribution in [3.63, 3.8) is 0 Å². The fourth-order valence-electron chi connectivity index (χ4n) is 0.747. The molecule has 0 N–H and O–H groups in total. The minimum absolute atomic E-state index is 0.226. The average molecular weight is 212 g/mol. The zero-order chi connectivity index (χ0) is 7.61. The quantitative estimate of drug-likeness (QED) is 0.642. The van der Waals surface area contributed by atoms with Gasteiger partial charge in [-0.25, -0.2) is 0 Å². The van der Waals surface area contributed by atoms with E-state index in [1.165, 1.54) is 0 Å². The maximum Gasteiger partial charge on any atom is 0.0669 e. The summed E-state index contributed by atoms with van der Waals surface area (Å²) in [4.78, 5) is 0. The topological polar surface area (TPSA) is 0 Å². The van der Waals surface area contributed by atoms with E-state index < -0.39 is 0 Å². The van der Waals surface area contributed by atoms with E-state index in [4.69, 9.17) is 0 Å². The van der Waals surface area contributed by atoms with Crippen LogP contribution < -0.4 is 0 Å². The molecule has 1 saturated heterocycles. The van der Waals surface area contributed by atoms with E-state index in [0.717, 1.165) is 17.9 Å². The number of hydrogen-bond acceptors (Lipinski definition) is 4. The Hall–Kier alpha value is 1.40. The molecule has 0 aromatic carbocycles. The van der Waals surface area contributed by atoms with Gasteiger partial charge < -0.3 is 0 Å². The Kier molecular flexibility index (Phi) is 3.68. The maximum atomic E-state index is 4.60. The van der Waals surface area contributed by atoms with Crippen molar-refractivity contribution in [1.29, 1.82) is 0 Å². The lowest BCUT2D eigenvalue weighted by atomic mass is 10.4. The lowest BCUT2D eigenvalue weighted by molar-refractivity contribution is 0.858. The van der Waals surface area contributed by atoms with Crippen molar-refractivity contribution in [2.75, 3.05) is 11.5 Å². The Morgan fingerprint density at radius 3 is 2.80 bits per heavy atom. The van der Waals surface area contributed by atoms with Crippen molar-refractivity contribution in [2.24, 2.45) is 0 Å². The highest BCUT2D eigenvalue weighted by Crippen LogP contribution is 2.43. The van der Waals surface area contributed by atoms with E-state index in [9.17, 15) is 0 Å². The summed E-state index contributed by atoms with van der Waals surface area (Å²) in [6.45, 7) is 2.19. The van der Waals surface area contributed by atoms with E-state index in [-0.39, 0.29) is 4.08 Å². The Bertz CT molecular complexity index is 106. The van der Waals surface area contributed by atoms with Gasteiger partial charge in [0.2, 0.25) is 0 Å². The molecule has 0 amide bonds. The smallest absolute Gasteiger partial charge is 0.0669 e. The molecule has 1 aliphatic rings. The van der Waals surface area contributed by atoms with Gasteiger partial charge in [0.05, 0.1) is 8.66 Å². The Balaban J connectivity index is 2.38. The largest absolute Gasteiger partial charge is 0.164 e. The molecule has 2 unspecified atom stereocenters. The molecule has 0 aliphatic carbocycles. The third kappa shape index (κ3) is 2.47. The van der Waals surface area contributed by atoms with Crippen molar-refractivity contribution in [3.05, 3.63) is 0 Å². The van der Waals surface area contributed by atoms with E-state index in [2.05, 4.69) is 32.2 Å². The van der Waals surface area contributed by atoms with Crippen molar-refractivity contribution >= 4 is 48.8 Å². The first-order valence-corrected chi connectivity index (χ1v) is 6.32. The summed E-state index contributed by atoms with van der Waals surface area (Å²) in [6, 6.07) is 0. The summed E-state index contributed by atoms with van der Waals surface area (Å²) in [6.07, 6.45) is 1.15. The molecule has 60 valence electrons. The van der Waals surface area contributed by atoms with Gasteiger partial charge in [-0.1, -0.05) is 6.92 Å². The SMILES string of the molecule is CCC1(S)CSC(S)CS1. The minimum Gasteiger partial charge on any atom is -0.164 e. The molecule has 0 radical (unpaired) electrons. The lowest BCUT2D eigenvalue weighted by Gasteiger charge is -2.32. The third-order valence-corrected chi connectivity index (χ3v) is 6.58. The van der Waals surface area contributed by atoms with E-state index in [1.54, 1.807) is 0 Å². The van der Waals surface area contributed by atoms with Gasteiger partial charge in [0.15, 0.2) is 0 Å². The van der Waals surface area contributed by atoms with Crippen LogP contribution in [0.4, 0.5) is 0 Å². The predicted octanol–water partition coefficient (Wildman–Crippen LogP) is 2.76. The van der Waals surface area contributed by atoms with Crippen LogP contribution in [-0.4, -0.2) is 20.2 Å². The van der Waals surface area contributed by atoms with Crippen LogP contribution >= 0.6 is 48.8 Å². The number of thioether (sulfide) groups is 2. The molecule has 0 bridgehead atoms. The van der Waals surface area contributed by atoms with Gasteiger partial charge in [-0.3, -0.25) is 0 Å². The van der Waals surface area contributed by atoms with Gasteiger partial charge in [-0.2, -0.15) is 25.3 Å². The molecule has 0 nitrogen and oxygen atoms in total. The molecule has 0 aromatic rings. The summed E-state index contributed by atoms with van der Waals surface area (Å²) in [5.41, 5.74) is 0. The first-order chi connectivity index (χ1) is 4.66. The van der Waals surface area contributed by atoms with Crippen LogP contribution in [0.5, 0.6) is 0 Å². The summed E-state index contributed by atoms with van der Waals surface area (Å²) in [5, 5.41) is 0. The van der Waals surface area contributed by atoms with Gasteiger partial charge >= 0.3 is 0 Å². The standard InChI is InChI=1S/C6H12S4/c1-2-6(8)4-9-5(7)3-10-6/h5,7-8H,2-4H2,1H3. The monoisotopic (exact) mass is 212 g/mol. The van der Waals surface area contributed by atoms with E-state index in [1.807, 2.05) is 23.5 Å². The second-order valence-electron chi connectivity index (χ2n) is 2.38. The first kappa shape index (κ1) is 9.49. The minimum atomic E-state index is 0.226. The highest BCUT2D eigenvalue weighted by Gasteiger charge is 2.29. The maximum absolute atomic E-state index is 4.60. The van der Waals surface area contributed by atoms with Crippen molar-refractivity contribution in [3.8, 4) is 0 Å². The Morgan fingerprint density at radius 2 is 2.40 bits per heavy atom. The zero-order valence-electron chi connectivity index (χ0n) is 5.91. The van der Waals surface area contributed by atoms with Crippen LogP contribution in [0.1, 0.15) is 13.3 Å². The van der Waals surface area contributed by atoms with Gasteiger partial charge in [-0.05, 0) is 6.42 Å². The van der Waals surface area contributed by atoms with Crippen LogP contribution in [0.3, 0.4) is 0 Å². The molecule has 1 rings (SSSR count). The third-order valence-electron chi connectivity index (χ3n) is 1.55. The zero-order valence-corrected chi connectivity index (χ0v) is 9.33. The average Bonchev–Trinajstić information content (AvgIpc) is 1.96. The van der Waals surface area contributed by atoms with Gasteiger partial charge in [0.1, 0.15) is 0 Å². The number of hydrogen-bond donors (Lipinski definition) is 2. The fraction of sp³-hybridized carbons (Fsp3) is 1.00. The molecule has 0 saturated carbocycles. The summed E-state index contributed by atoms with van der Waals surface area (Å²) in [5.74, 6) is 2.26. The molecular formula is C6H12S4. The summed E-state index contributed by atoms with van der Waals surface area (Å²) >= 11 is 12.8. The summed E-state index contributed by atoms with van der Waals surface area (Å²) < 4.78 is 0.751. The molecule has 0 spiro atoms. The van der Waals surface area contributed by atoms with Crippen molar-refractivity contribution in [1.82, 2.24) is 0 Å². The molecule has 1 aliphatic heterocycles. The molecule has 1 heterocycles. The van der Waals surface area contributed by atoms with Gasteiger partial charge in [-0.15, -0.1) is 23.5 Å². The molecule has 2 atom stereocenters. The van der Waals surface area contributed by atoms with Gasteiger partial charge in [0, 0.05) is 11.5 Å².